The number of benzene rings is 3. The lowest BCUT2D eigenvalue weighted by Crippen LogP contribution is -2.12. The number of pyridine rings is 2. The van der Waals surface area contributed by atoms with Gasteiger partial charge >= 0.3 is 0 Å². The minimum Gasteiger partial charge on any atom is -0.384 e. The summed E-state index contributed by atoms with van der Waals surface area (Å²) in [7, 11) is 0. The Morgan fingerprint density at radius 1 is 0.575 bits per heavy atom. The largest absolute Gasteiger partial charge is 0.384 e. The Labute approximate surface area is 237 Å². The molecule has 0 unspecified atom stereocenters. The van der Waals surface area contributed by atoms with Crippen LogP contribution in [-0.2, 0) is 19.3 Å². The van der Waals surface area contributed by atoms with E-state index in [0.29, 0.717) is 0 Å². The molecule has 0 aliphatic heterocycles. The van der Waals surface area contributed by atoms with Crippen LogP contribution >= 0.6 is 0 Å². The van der Waals surface area contributed by atoms with Crippen molar-refractivity contribution in [2.45, 2.75) is 64.2 Å². The number of unbranched alkanes of at least 4 members (excludes halogenated alkanes) is 4. The average molecular weight is 527 g/mol. The van der Waals surface area contributed by atoms with Gasteiger partial charge in [-0.2, -0.15) is 0 Å². The van der Waals surface area contributed by atoms with E-state index in [-0.39, 0.29) is 0 Å². The molecule has 3 aromatic carbocycles. The Balaban J connectivity index is 0.922. The van der Waals surface area contributed by atoms with E-state index in [9.17, 15) is 0 Å². The van der Waals surface area contributed by atoms with E-state index in [2.05, 4.69) is 83.4 Å². The lowest BCUT2D eigenvalue weighted by molar-refractivity contribution is 0.634. The van der Waals surface area contributed by atoms with Gasteiger partial charge in [-0.25, -0.2) is 4.98 Å². The van der Waals surface area contributed by atoms with Crippen molar-refractivity contribution in [3.05, 3.63) is 95.2 Å². The molecular weight excluding hydrogens is 488 g/mol. The SMILES string of the molecule is c1ccc2c(c1)Cc1c-2nc2ccccc2c1NCCCCCCCNc1c2c(nc3ccccc13)CCCC2. The van der Waals surface area contributed by atoms with Gasteiger partial charge in [0.1, 0.15) is 0 Å². The zero-order chi connectivity index (χ0) is 26.7. The summed E-state index contributed by atoms with van der Waals surface area (Å²) in [4.78, 5) is 10.0. The molecule has 7 rings (SSSR count). The molecule has 2 aromatic heterocycles. The molecule has 0 atom stereocenters. The van der Waals surface area contributed by atoms with Crippen molar-refractivity contribution in [3.8, 4) is 11.3 Å². The molecule has 0 spiro atoms. The second-order valence-electron chi connectivity index (χ2n) is 11.4. The highest BCUT2D eigenvalue weighted by Gasteiger charge is 2.24. The number of para-hydroxylation sites is 2. The maximum absolute atomic E-state index is 5.06. The maximum atomic E-state index is 5.06. The highest BCUT2D eigenvalue weighted by Crippen LogP contribution is 2.42. The quantitative estimate of drug-likeness (QED) is 0.175. The Bertz CT molecular complexity index is 1670. The van der Waals surface area contributed by atoms with Crippen molar-refractivity contribution in [2.75, 3.05) is 23.7 Å². The van der Waals surface area contributed by atoms with E-state index in [1.807, 2.05) is 0 Å². The number of nitrogens with zero attached hydrogens (tertiary/aromatic N) is 2. The summed E-state index contributed by atoms with van der Waals surface area (Å²) in [5, 5.41) is 10.2. The van der Waals surface area contributed by atoms with E-state index in [1.54, 1.807) is 0 Å². The zero-order valence-electron chi connectivity index (χ0n) is 23.3. The molecule has 2 aliphatic carbocycles. The molecule has 0 saturated heterocycles. The molecule has 0 amide bonds. The fourth-order valence-corrected chi connectivity index (χ4v) is 6.73. The first-order chi connectivity index (χ1) is 19.9. The highest BCUT2D eigenvalue weighted by molar-refractivity contribution is 5.98. The van der Waals surface area contributed by atoms with Crippen LogP contribution in [0.3, 0.4) is 0 Å². The van der Waals surface area contributed by atoms with Gasteiger partial charge < -0.3 is 10.6 Å². The summed E-state index contributed by atoms with van der Waals surface area (Å²) in [6.45, 7) is 2.04. The van der Waals surface area contributed by atoms with Gasteiger partial charge in [0, 0.05) is 58.5 Å². The van der Waals surface area contributed by atoms with Crippen LogP contribution in [0.2, 0.25) is 0 Å². The van der Waals surface area contributed by atoms with Gasteiger partial charge in [0.05, 0.1) is 16.7 Å². The van der Waals surface area contributed by atoms with Gasteiger partial charge in [0.15, 0.2) is 0 Å². The van der Waals surface area contributed by atoms with E-state index in [4.69, 9.17) is 9.97 Å². The molecule has 2 heterocycles. The van der Waals surface area contributed by atoms with Crippen molar-refractivity contribution in [1.82, 2.24) is 9.97 Å². The molecule has 4 heteroatoms. The van der Waals surface area contributed by atoms with E-state index >= 15 is 0 Å². The molecule has 4 nitrogen and oxygen atoms in total. The monoisotopic (exact) mass is 526 g/mol. The first-order valence-electron chi connectivity index (χ1n) is 15.2. The third-order valence-corrected chi connectivity index (χ3v) is 8.76. The summed E-state index contributed by atoms with van der Waals surface area (Å²) in [6, 6.07) is 25.9. The number of rotatable bonds is 10. The van der Waals surface area contributed by atoms with Gasteiger partial charge in [-0.15, -0.1) is 0 Å². The minimum atomic E-state index is 0.967. The molecule has 202 valence electrons. The third kappa shape index (κ3) is 4.81. The molecule has 0 bridgehead atoms. The van der Waals surface area contributed by atoms with Crippen LogP contribution in [0.25, 0.3) is 33.1 Å². The summed E-state index contributed by atoms with van der Waals surface area (Å²) < 4.78 is 0. The van der Waals surface area contributed by atoms with Gasteiger partial charge in [0.25, 0.3) is 0 Å². The number of nitrogens with one attached hydrogen (secondary N) is 2. The molecular formula is C36H38N4. The first-order valence-corrected chi connectivity index (χ1v) is 15.2. The van der Waals surface area contributed by atoms with Crippen LogP contribution in [0.1, 0.15) is 67.3 Å². The van der Waals surface area contributed by atoms with Gasteiger partial charge in [-0.1, -0.05) is 79.9 Å². The molecule has 0 saturated carbocycles. The summed E-state index contributed by atoms with van der Waals surface area (Å²) >= 11 is 0. The number of fused-ring (bicyclic) bond motifs is 6. The molecule has 0 radical (unpaired) electrons. The third-order valence-electron chi connectivity index (χ3n) is 8.76. The van der Waals surface area contributed by atoms with Crippen LogP contribution in [0, 0.1) is 0 Å². The van der Waals surface area contributed by atoms with Crippen molar-refractivity contribution in [2.24, 2.45) is 0 Å². The van der Waals surface area contributed by atoms with Gasteiger partial charge in [-0.05, 0) is 61.8 Å². The van der Waals surface area contributed by atoms with Crippen molar-refractivity contribution >= 4 is 33.2 Å². The Morgan fingerprint density at radius 3 is 1.95 bits per heavy atom. The number of anilines is 2. The fraction of sp³-hybridized carbons (Fsp3) is 0.333. The lowest BCUT2D eigenvalue weighted by atomic mass is 9.92. The van der Waals surface area contributed by atoms with Gasteiger partial charge in [0.2, 0.25) is 0 Å². The smallest absolute Gasteiger partial charge is 0.0768 e. The van der Waals surface area contributed by atoms with E-state index in [1.165, 1.54) is 95.0 Å². The second kappa shape index (κ2) is 11.3. The Hall–Kier alpha value is -3.92. The summed E-state index contributed by atoms with van der Waals surface area (Å²) in [5.41, 5.74) is 12.8. The predicted octanol–water partition coefficient (Wildman–Crippen LogP) is 8.71. The van der Waals surface area contributed by atoms with Crippen LogP contribution in [0.5, 0.6) is 0 Å². The maximum Gasteiger partial charge on any atom is 0.0768 e. The van der Waals surface area contributed by atoms with Crippen molar-refractivity contribution < 1.29 is 0 Å². The standard InChI is InChI=1S/C36H38N4/c1(2-12-22-37-34-27-16-6-9-19-31(27)39-32-20-10-7-17-28(32)34)3-13-23-38-35-29-18-8-11-21-33(29)40-36-26-15-5-4-14-25(26)24-30(35)36/h4-6,8-9,11,14-16,18-19,21H,1-3,7,10,12-13,17,20,22-24H2,(H,37,39)(H,38,40). The molecule has 5 aromatic rings. The number of aryl methyl sites for hydroxylation is 1. The normalized spacial score (nSPS) is 13.7. The van der Waals surface area contributed by atoms with Crippen molar-refractivity contribution in [1.29, 1.82) is 0 Å². The topological polar surface area (TPSA) is 49.8 Å². The van der Waals surface area contributed by atoms with Crippen LogP contribution in [0.4, 0.5) is 11.4 Å². The number of hydrogen-bond donors (Lipinski definition) is 2. The van der Waals surface area contributed by atoms with Crippen molar-refractivity contribution in [3.63, 3.8) is 0 Å². The van der Waals surface area contributed by atoms with Crippen LogP contribution < -0.4 is 10.6 Å². The first kappa shape index (κ1) is 25.1. The molecule has 40 heavy (non-hydrogen) atoms. The predicted molar refractivity (Wildman–Crippen MR) is 168 cm³/mol. The average Bonchev–Trinajstić information content (AvgIpc) is 3.37. The molecule has 2 N–H and O–H groups in total. The number of aromatic nitrogens is 2. The summed E-state index contributed by atoms with van der Waals surface area (Å²) in [6.07, 6.45) is 12.0. The van der Waals surface area contributed by atoms with Crippen LogP contribution in [-0.4, -0.2) is 23.1 Å². The highest BCUT2D eigenvalue weighted by atomic mass is 14.9. The zero-order valence-corrected chi connectivity index (χ0v) is 23.3. The van der Waals surface area contributed by atoms with E-state index < -0.39 is 0 Å². The fourth-order valence-electron chi connectivity index (χ4n) is 6.73. The van der Waals surface area contributed by atoms with Crippen LogP contribution in [0.15, 0.2) is 72.8 Å². The summed E-state index contributed by atoms with van der Waals surface area (Å²) in [5.74, 6) is 0. The Morgan fingerprint density at radius 2 is 1.18 bits per heavy atom. The van der Waals surface area contributed by atoms with E-state index in [0.717, 1.165) is 49.1 Å². The lowest BCUT2D eigenvalue weighted by Gasteiger charge is -2.21. The Kier molecular flexibility index (Phi) is 7.08. The molecule has 2 aliphatic rings. The molecule has 0 fully saturated rings. The second-order valence-corrected chi connectivity index (χ2v) is 11.4. The number of hydrogen-bond acceptors (Lipinski definition) is 4. The minimum absolute atomic E-state index is 0.967. The van der Waals surface area contributed by atoms with Gasteiger partial charge in [-0.3, -0.25) is 4.98 Å².